The third-order valence-electron chi connectivity index (χ3n) is 2.63. The Labute approximate surface area is 116 Å². The molecular formula is C13H8Br2N2. The van der Waals surface area contributed by atoms with Gasteiger partial charge in [0.25, 0.3) is 0 Å². The van der Waals surface area contributed by atoms with E-state index >= 15 is 0 Å². The molecule has 4 heteroatoms. The Kier molecular flexibility index (Phi) is 2.76. The van der Waals surface area contributed by atoms with Crippen LogP contribution in [-0.2, 0) is 0 Å². The summed E-state index contributed by atoms with van der Waals surface area (Å²) in [6, 6.07) is 14.1. The molecule has 3 aromatic rings. The third kappa shape index (κ3) is 1.81. The molecule has 0 aliphatic heterocycles. The second kappa shape index (κ2) is 4.27. The Hall–Kier alpha value is -1.13. The van der Waals surface area contributed by atoms with Crippen LogP contribution in [0.1, 0.15) is 0 Å². The molecule has 0 unspecified atom stereocenters. The number of rotatable bonds is 1. The highest BCUT2D eigenvalue weighted by atomic mass is 79.9. The van der Waals surface area contributed by atoms with Crippen LogP contribution in [0.5, 0.6) is 0 Å². The van der Waals surface area contributed by atoms with Crippen molar-refractivity contribution in [1.29, 1.82) is 0 Å². The van der Waals surface area contributed by atoms with Crippen LogP contribution in [-0.4, -0.2) is 9.55 Å². The van der Waals surface area contributed by atoms with Crippen LogP contribution in [0.2, 0.25) is 0 Å². The van der Waals surface area contributed by atoms with Crippen LogP contribution in [0.15, 0.2) is 57.7 Å². The summed E-state index contributed by atoms with van der Waals surface area (Å²) in [5.74, 6) is 0. The molecule has 0 aliphatic carbocycles. The maximum Gasteiger partial charge on any atom is 0.100 e. The average molecular weight is 352 g/mol. The molecule has 2 nitrogen and oxygen atoms in total. The number of aromatic nitrogens is 2. The first-order valence-corrected chi connectivity index (χ1v) is 6.72. The van der Waals surface area contributed by atoms with Gasteiger partial charge in [0.2, 0.25) is 0 Å². The van der Waals surface area contributed by atoms with Crippen LogP contribution in [0.3, 0.4) is 0 Å². The maximum atomic E-state index is 4.40. The quantitative estimate of drug-likeness (QED) is 0.628. The Morgan fingerprint density at radius 1 is 0.882 bits per heavy atom. The van der Waals surface area contributed by atoms with Crippen molar-refractivity contribution in [2.45, 2.75) is 0 Å². The molecule has 3 rings (SSSR count). The monoisotopic (exact) mass is 350 g/mol. The van der Waals surface area contributed by atoms with Crippen molar-refractivity contribution in [3.63, 3.8) is 0 Å². The lowest BCUT2D eigenvalue weighted by atomic mass is 10.3. The molecule has 0 saturated carbocycles. The number of hydrogen-bond donors (Lipinski definition) is 0. The van der Waals surface area contributed by atoms with E-state index in [4.69, 9.17) is 0 Å². The SMILES string of the molecule is Brc1cccc(Br)c1-n1cnc2ccccc21. The van der Waals surface area contributed by atoms with Crippen LogP contribution < -0.4 is 0 Å². The second-order valence-electron chi connectivity index (χ2n) is 3.67. The highest BCUT2D eigenvalue weighted by molar-refractivity contribution is 9.11. The van der Waals surface area contributed by atoms with Gasteiger partial charge in [0.15, 0.2) is 0 Å². The molecule has 1 heterocycles. The van der Waals surface area contributed by atoms with E-state index in [2.05, 4.69) is 47.5 Å². The minimum atomic E-state index is 0.996. The molecule has 0 radical (unpaired) electrons. The van der Waals surface area contributed by atoms with Crippen molar-refractivity contribution in [2.75, 3.05) is 0 Å². The van der Waals surface area contributed by atoms with Gasteiger partial charge in [0, 0.05) is 8.95 Å². The minimum absolute atomic E-state index is 0.996. The topological polar surface area (TPSA) is 17.8 Å². The third-order valence-corrected chi connectivity index (χ3v) is 3.91. The van der Waals surface area contributed by atoms with Gasteiger partial charge in [-0.2, -0.15) is 0 Å². The van der Waals surface area contributed by atoms with E-state index in [1.807, 2.05) is 42.7 Å². The van der Waals surface area contributed by atoms with Gasteiger partial charge in [-0.15, -0.1) is 0 Å². The fourth-order valence-corrected chi connectivity index (χ4v) is 3.24. The van der Waals surface area contributed by atoms with Gasteiger partial charge in [0.1, 0.15) is 6.33 Å². The molecule has 0 saturated heterocycles. The Morgan fingerprint density at radius 3 is 2.35 bits per heavy atom. The molecule has 0 bridgehead atoms. The van der Waals surface area contributed by atoms with Crippen molar-refractivity contribution in [2.24, 2.45) is 0 Å². The molecular weight excluding hydrogens is 344 g/mol. The lowest BCUT2D eigenvalue weighted by molar-refractivity contribution is 1.08. The number of halogens is 2. The molecule has 1 aromatic heterocycles. The van der Waals surface area contributed by atoms with E-state index in [1.54, 1.807) is 0 Å². The highest BCUT2D eigenvalue weighted by Gasteiger charge is 2.10. The Morgan fingerprint density at radius 2 is 1.59 bits per heavy atom. The summed E-state index contributed by atoms with van der Waals surface area (Å²) in [6.07, 6.45) is 1.84. The van der Waals surface area contributed by atoms with Gasteiger partial charge in [-0.3, -0.25) is 4.57 Å². The molecule has 2 aromatic carbocycles. The summed E-state index contributed by atoms with van der Waals surface area (Å²) in [5.41, 5.74) is 3.16. The molecule has 0 amide bonds. The maximum absolute atomic E-state index is 4.40. The Balaban J connectivity index is 2.35. The summed E-state index contributed by atoms with van der Waals surface area (Å²) in [4.78, 5) is 4.40. The summed E-state index contributed by atoms with van der Waals surface area (Å²) in [6.45, 7) is 0. The zero-order valence-corrected chi connectivity index (χ0v) is 11.9. The first-order valence-electron chi connectivity index (χ1n) is 5.14. The van der Waals surface area contributed by atoms with Gasteiger partial charge in [-0.05, 0) is 56.1 Å². The normalized spacial score (nSPS) is 10.9. The number of para-hydroxylation sites is 3. The van der Waals surface area contributed by atoms with E-state index in [-0.39, 0.29) is 0 Å². The van der Waals surface area contributed by atoms with E-state index in [9.17, 15) is 0 Å². The van der Waals surface area contributed by atoms with Gasteiger partial charge < -0.3 is 0 Å². The molecule has 17 heavy (non-hydrogen) atoms. The summed E-state index contributed by atoms with van der Waals surface area (Å²) in [5, 5.41) is 0. The zero-order chi connectivity index (χ0) is 11.8. The van der Waals surface area contributed by atoms with Crippen LogP contribution >= 0.6 is 31.9 Å². The molecule has 0 N–H and O–H groups in total. The number of fused-ring (bicyclic) bond motifs is 1. The van der Waals surface area contributed by atoms with Crippen molar-refractivity contribution in [3.05, 3.63) is 57.7 Å². The predicted molar refractivity (Wildman–Crippen MR) is 76.5 cm³/mol. The highest BCUT2D eigenvalue weighted by Crippen LogP contribution is 2.31. The summed E-state index contributed by atoms with van der Waals surface area (Å²) in [7, 11) is 0. The fourth-order valence-electron chi connectivity index (χ4n) is 1.86. The Bertz CT molecular complexity index is 668. The van der Waals surface area contributed by atoms with E-state index in [1.165, 1.54) is 0 Å². The van der Waals surface area contributed by atoms with Crippen molar-refractivity contribution >= 4 is 42.9 Å². The zero-order valence-electron chi connectivity index (χ0n) is 8.77. The molecule has 0 fully saturated rings. The second-order valence-corrected chi connectivity index (χ2v) is 5.38. The standard InChI is InChI=1S/C13H8Br2N2/c14-9-4-3-5-10(15)13(9)17-8-16-11-6-1-2-7-12(11)17/h1-8H. The first kappa shape index (κ1) is 11.0. The van der Waals surface area contributed by atoms with Gasteiger partial charge in [-0.25, -0.2) is 4.98 Å². The van der Waals surface area contributed by atoms with E-state index in [0.29, 0.717) is 0 Å². The first-order chi connectivity index (χ1) is 8.27. The predicted octanol–water partition coefficient (Wildman–Crippen LogP) is 4.55. The van der Waals surface area contributed by atoms with E-state index < -0.39 is 0 Å². The largest absolute Gasteiger partial charge is 0.297 e. The molecule has 0 atom stereocenters. The number of imidazole rings is 1. The molecule has 0 spiro atoms. The van der Waals surface area contributed by atoms with Gasteiger partial charge in [-0.1, -0.05) is 18.2 Å². The van der Waals surface area contributed by atoms with Crippen molar-refractivity contribution < 1.29 is 0 Å². The minimum Gasteiger partial charge on any atom is -0.297 e. The van der Waals surface area contributed by atoms with Crippen LogP contribution in [0.25, 0.3) is 16.7 Å². The van der Waals surface area contributed by atoms with Crippen molar-refractivity contribution in [3.8, 4) is 5.69 Å². The van der Waals surface area contributed by atoms with Gasteiger partial charge >= 0.3 is 0 Å². The van der Waals surface area contributed by atoms with Crippen molar-refractivity contribution in [1.82, 2.24) is 9.55 Å². The molecule has 84 valence electrons. The van der Waals surface area contributed by atoms with Gasteiger partial charge in [0.05, 0.1) is 16.7 Å². The summed E-state index contributed by atoms with van der Waals surface area (Å²) < 4.78 is 4.15. The number of hydrogen-bond acceptors (Lipinski definition) is 1. The number of benzene rings is 2. The summed E-state index contributed by atoms with van der Waals surface area (Å²) >= 11 is 7.15. The fraction of sp³-hybridized carbons (Fsp3) is 0. The smallest absolute Gasteiger partial charge is 0.100 e. The lowest BCUT2D eigenvalue weighted by Gasteiger charge is -2.09. The average Bonchev–Trinajstić information content (AvgIpc) is 2.73. The van der Waals surface area contributed by atoms with Crippen LogP contribution in [0.4, 0.5) is 0 Å². The lowest BCUT2D eigenvalue weighted by Crippen LogP contribution is -1.94. The van der Waals surface area contributed by atoms with E-state index in [0.717, 1.165) is 25.7 Å². The number of nitrogens with zero attached hydrogens (tertiary/aromatic N) is 2. The molecule has 0 aliphatic rings. The van der Waals surface area contributed by atoms with Crippen LogP contribution in [0, 0.1) is 0 Å².